The van der Waals surface area contributed by atoms with Crippen molar-refractivity contribution in [1.82, 2.24) is 14.7 Å². The molecule has 0 spiro atoms. The van der Waals surface area contributed by atoms with E-state index in [1.165, 1.54) is 10.7 Å². The summed E-state index contributed by atoms with van der Waals surface area (Å²) in [6.45, 7) is 4.36. The number of benzene rings is 1. The maximum atomic E-state index is 12.0. The molecule has 27 heavy (non-hydrogen) atoms. The quantitative estimate of drug-likeness (QED) is 0.858. The molecule has 0 unspecified atom stereocenters. The summed E-state index contributed by atoms with van der Waals surface area (Å²) in [5.41, 5.74) is 0.611. The van der Waals surface area contributed by atoms with E-state index < -0.39 is 5.60 Å². The molecular weight excluding hydrogens is 370 g/mol. The SMILES string of the molecule is Cc1ccc(=O)n(CC2(O)CCN(Cc3cc4c(cc3Cl)OCO4)CC2)n1. The van der Waals surface area contributed by atoms with E-state index in [1.54, 1.807) is 12.1 Å². The number of hydrogen-bond donors (Lipinski definition) is 1. The number of fused-ring (bicyclic) bond motifs is 1. The summed E-state index contributed by atoms with van der Waals surface area (Å²) in [7, 11) is 0. The van der Waals surface area contributed by atoms with Crippen LogP contribution in [-0.2, 0) is 13.1 Å². The Morgan fingerprint density at radius 3 is 2.67 bits per heavy atom. The predicted molar refractivity (Wildman–Crippen MR) is 100 cm³/mol. The van der Waals surface area contributed by atoms with Gasteiger partial charge >= 0.3 is 0 Å². The lowest BCUT2D eigenvalue weighted by atomic mass is 9.91. The monoisotopic (exact) mass is 391 g/mol. The van der Waals surface area contributed by atoms with Gasteiger partial charge < -0.3 is 14.6 Å². The highest BCUT2D eigenvalue weighted by molar-refractivity contribution is 6.31. The van der Waals surface area contributed by atoms with Crippen LogP contribution in [0, 0.1) is 6.92 Å². The third kappa shape index (κ3) is 3.95. The maximum Gasteiger partial charge on any atom is 0.266 e. The lowest BCUT2D eigenvalue weighted by Crippen LogP contribution is -2.48. The van der Waals surface area contributed by atoms with Crippen LogP contribution in [0.5, 0.6) is 11.5 Å². The van der Waals surface area contributed by atoms with Gasteiger partial charge in [-0.2, -0.15) is 5.10 Å². The number of likely N-dealkylation sites (tertiary alicyclic amines) is 1. The van der Waals surface area contributed by atoms with Crippen molar-refractivity contribution in [2.24, 2.45) is 0 Å². The fraction of sp³-hybridized carbons (Fsp3) is 0.474. The number of aliphatic hydroxyl groups is 1. The van der Waals surface area contributed by atoms with E-state index in [-0.39, 0.29) is 18.9 Å². The molecule has 1 aromatic carbocycles. The Balaban J connectivity index is 1.40. The first-order valence-electron chi connectivity index (χ1n) is 8.99. The molecule has 1 saturated heterocycles. The molecule has 3 heterocycles. The van der Waals surface area contributed by atoms with Gasteiger partial charge in [0, 0.05) is 36.8 Å². The molecule has 144 valence electrons. The zero-order valence-corrected chi connectivity index (χ0v) is 15.9. The Labute approximate surface area is 162 Å². The molecule has 8 heteroatoms. The van der Waals surface area contributed by atoms with E-state index in [2.05, 4.69) is 10.00 Å². The third-order valence-electron chi connectivity index (χ3n) is 5.17. The minimum Gasteiger partial charge on any atom is -0.454 e. The van der Waals surface area contributed by atoms with Crippen molar-refractivity contribution in [1.29, 1.82) is 0 Å². The first-order chi connectivity index (χ1) is 12.9. The average molecular weight is 392 g/mol. The van der Waals surface area contributed by atoms with Crippen LogP contribution in [0.25, 0.3) is 0 Å². The molecule has 0 bridgehead atoms. The number of rotatable bonds is 4. The first kappa shape index (κ1) is 18.3. The van der Waals surface area contributed by atoms with E-state index in [0.717, 1.165) is 11.3 Å². The molecule has 0 atom stereocenters. The Morgan fingerprint density at radius 1 is 1.22 bits per heavy atom. The van der Waals surface area contributed by atoms with Gasteiger partial charge in [0.05, 0.1) is 17.8 Å². The number of hydrogen-bond acceptors (Lipinski definition) is 6. The standard InChI is InChI=1S/C19H22ClN3O4/c1-13-2-3-18(24)23(21-13)11-19(25)4-6-22(7-5-19)10-14-8-16-17(9-15(14)20)27-12-26-16/h2-3,8-9,25H,4-7,10-12H2,1H3. The largest absolute Gasteiger partial charge is 0.454 e. The van der Waals surface area contributed by atoms with Crippen LogP contribution in [0.3, 0.4) is 0 Å². The van der Waals surface area contributed by atoms with Gasteiger partial charge in [0.1, 0.15) is 0 Å². The zero-order chi connectivity index (χ0) is 19.0. The van der Waals surface area contributed by atoms with Crippen molar-refractivity contribution in [3.05, 3.63) is 50.9 Å². The molecule has 1 aromatic heterocycles. The number of aromatic nitrogens is 2. The molecule has 7 nitrogen and oxygen atoms in total. The highest BCUT2D eigenvalue weighted by Crippen LogP contribution is 2.37. The van der Waals surface area contributed by atoms with Crippen LogP contribution in [0.4, 0.5) is 0 Å². The summed E-state index contributed by atoms with van der Waals surface area (Å²) >= 11 is 6.36. The molecule has 4 rings (SSSR count). The fourth-order valence-corrected chi connectivity index (χ4v) is 3.76. The van der Waals surface area contributed by atoms with Gasteiger partial charge in [-0.1, -0.05) is 11.6 Å². The first-order valence-corrected chi connectivity index (χ1v) is 9.37. The van der Waals surface area contributed by atoms with E-state index in [0.29, 0.717) is 49.0 Å². The number of nitrogens with zero attached hydrogens (tertiary/aromatic N) is 3. The second-order valence-electron chi connectivity index (χ2n) is 7.27. The summed E-state index contributed by atoms with van der Waals surface area (Å²) in [6, 6.07) is 6.88. The predicted octanol–water partition coefficient (Wildman–Crippen LogP) is 1.96. The van der Waals surface area contributed by atoms with Crippen LogP contribution < -0.4 is 15.0 Å². The van der Waals surface area contributed by atoms with E-state index in [1.807, 2.05) is 13.0 Å². The topological polar surface area (TPSA) is 76.8 Å². The summed E-state index contributed by atoms with van der Waals surface area (Å²) in [4.78, 5) is 14.2. The van der Waals surface area contributed by atoms with Crippen LogP contribution >= 0.6 is 11.6 Å². The van der Waals surface area contributed by atoms with Crippen molar-refractivity contribution >= 4 is 11.6 Å². The lowest BCUT2D eigenvalue weighted by molar-refractivity contribution is -0.0390. The fourth-order valence-electron chi connectivity index (χ4n) is 3.55. The molecular formula is C19H22ClN3O4. The Hall–Kier alpha value is -2.09. The summed E-state index contributed by atoms with van der Waals surface area (Å²) in [5, 5.41) is 15.8. The van der Waals surface area contributed by atoms with E-state index >= 15 is 0 Å². The average Bonchev–Trinajstić information content (AvgIpc) is 3.07. The van der Waals surface area contributed by atoms with Crippen LogP contribution in [-0.4, -0.2) is 45.3 Å². The molecule has 1 N–H and O–H groups in total. The number of aryl methyl sites for hydroxylation is 1. The summed E-state index contributed by atoms with van der Waals surface area (Å²) in [5.74, 6) is 1.39. The van der Waals surface area contributed by atoms with Gasteiger partial charge in [0.2, 0.25) is 6.79 Å². The smallest absolute Gasteiger partial charge is 0.266 e. The highest BCUT2D eigenvalue weighted by atomic mass is 35.5. The van der Waals surface area contributed by atoms with Crippen LogP contribution in [0.2, 0.25) is 5.02 Å². The Kier molecular flexibility index (Phi) is 4.84. The maximum absolute atomic E-state index is 12.0. The van der Waals surface area contributed by atoms with Gasteiger partial charge in [-0.25, -0.2) is 4.68 Å². The van der Waals surface area contributed by atoms with Crippen molar-refractivity contribution in [2.75, 3.05) is 19.9 Å². The summed E-state index contributed by atoms with van der Waals surface area (Å²) < 4.78 is 12.1. The van der Waals surface area contributed by atoms with Crippen LogP contribution in [0.1, 0.15) is 24.1 Å². The van der Waals surface area contributed by atoms with Crippen molar-refractivity contribution in [3.63, 3.8) is 0 Å². The highest BCUT2D eigenvalue weighted by Gasteiger charge is 2.33. The van der Waals surface area contributed by atoms with E-state index in [9.17, 15) is 9.90 Å². The van der Waals surface area contributed by atoms with E-state index in [4.69, 9.17) is 21.1 Å². The normalized spacial score (nSPS) is 18.6. The van der Waals surface area contributed by atoms with Crippen molar-refractivity contribution in [3.8, 4) is 11.5 Å². The number of halogens is 1. The van der Waals surface area contributed by atoms with Crippen molar-refractivity contribution in [2.45, 2.75) is 38.5 Å². The number of piperidine rings is 1. The Morgan fingerprint density at radius 2 is 1.93 bits per heavy atom. The molecule has 0 aliphatic carbocycles. The molecule has 2 aliphatic heterocycles. The third-order valence-corrected chi connectivity index (χ3v) is 5.52. The molecule has 0 radical (unpaired) electrons. The minimum atomic E-state index is -0.931. The minimum absolute atomic E-state index is 0.191. The molecule has 0 saturated carbocycles. The lowest BCUT2D eigenvalue weighted by Gasteiger charge is -2.38. The second kappa shape index (κ2) is 7.14. The second-order valence-corrected chi connectivity index (χ2v) is 7.68. The Bertz CT molecular complexity index is 906. The van der Waals surface area contributed by atoms with Gasteiger partial charge in [-0.15, -0.1) is 0 Å². The number of ether oxygens (including phenoxy) is 2. The van der Waals surface area contributed by atoms with Crippen molar-refractivity contribution < 1.29 is 14.6 Å². The molecule has 0 amide bonds. The van der Waals surface area contributed by atoms with Gasteiger partial charge in [0.25, 0.3) is 5.56 Å². The van der Waals surface area contributed by atoms with Gasteiger partial charge in [-0.05, 0) is 37.5 Å². The molecule has 2 aromatic rings. The van der Waals surface area contributed by atoms with Gasteiger partial charge in [-0.3, -0.25) is 9.69 Å². The zero-order valence-electron chi connectivity index (χ0n) is 15.2. The van der Waals surface area contributed by atoms with Gasteiger partial charge in [0.15, 0.2) is 11.5 Å². The van der Waals surface area contributed by atoms with Crippen LogP contribution in [0.15, 0.2) is 29.1 Å². The molecule has 2 aliphatic rings. The molecule has 1 fully saturated rings. The summed E-state index contributed by atoms with van der Waals surface area (Å²) in [6.07, 6.45) is 1.13.